The summed E-state index contributed by atoms with van der Waals surface area (Å²) in [6.45, 7) is 2.13. The number of amides is 1. The van der Waals surface area contributed by atoms with E-state index in [9.17, 15) is 9.59 Å². The topological polar surface area (TPSA) is 83.9 Å². The van der Waals surface area contributed by atoms with Crippen LogP contribution in [0.5, 0.6) is 0 Å². The third-order valence-electron chi connectivity index (χ3n) is 5.13. The van der Waals surface area contributed by atoms with Crippen LogP contribution in [0.15, 0.2) is 76.0 Å². The van der Waals surface area contributed by atoms with Gasteiger partial charge in [-0.1, -0.05) is 41.6 Å². The number of rotatable bonds is 6. The largest absolute Gasteiger partial charge is 0.466 e. The quantitative estimate of drug-likeness (QED) is 0.640. The summed E-state index contributed by atoms with van der Waals surface area (Å²) >= 11 is 7.51. The van der Waals surface area contributed by atoms with Gasteiger partial charge in [0, 0.05) is 16.9 Å². The Morgan fingerprint density at radius 2 is 2.00 bits per heavy atom. The maximum absolute atomic E-state index is 12.7. The molecule has 1 atom stereocenters. The second kappa shape index (κ2) is 9.58. The molecule has 164 valence electrons. The summed E-state index contributed by atoms with van der Waals surface area (Å²) in [5.74, 6) is -0.606. The van der Waals surface area contributed by atoms with Crippen molar-refractivity contribution in [2.45, 2.75) is 25.9 Å². The van der Waals surface area contributed by atoms with E-state index >= 15 is 0 Å². The molecule has 0 fully saturated rings. The molecule has 1 amide bonds. The molecule has 0 saturated carbocycles. The lowest BCUT2D eigenvalue weighted by Gasteiger charge is -2.36. The molecule has 2 aliphatic heterocycles. The molecule has 0 bridgehead atoms. The molecule has 4 rings (SSSR count). The van der Waals surface area contributed by atoms with Crippen molar-refractivity contribution < 1.29 is 14.3 Å². The minimum atomic E-state index is -0.475. The number of methoxy groups -OCH3 is 1. The lowest BCUT2D eigenvalue weighted by molar-refractivity contribution is -0.136. The summed E-state index contributed by atoms with van der Waals surface area (Å²) < 4.78 is 5.06. The highest BCUT2D eigenvalue weighted by atomic mass is 35.5. The van der Waals surface area contributed by atoms with E-state index in [0.29, 0.717) is 28.0 Å². The van der Waals surface area contributed by atoms with Crippen LogP contribution in [-0.2, 0) is 20.9 Å². The molecule has 32 heavy (non-hydrogen) atoms. The summed E-state index contributed by atoms with van der Waals surface area (Å²) in [7, 11) is 1.35. The van der Waals surface area contributed by atoms with Gasteiger partial charge in [0.15, 0.2) is 5.17 Å². The molecule has 0 saturated heterocycles. The first-order valence-corrected chi connectivity index (χ1v) is 11.2. The van der Waals surface area contributed by atoms with Crippen LogP contribution in [0.3, 0.4) is 0 Å². The first kappa shape index (κ1) is 22.1. The van der Waals surface area contributed by atoms with Crippen molar-refractivity contribution in [1.82, 2.24) is 15.2 Å². The molecular formula is C23H21ClN4O3S. The number of esters is 1. The summed E-state index contributed by atoms with van der Waals surface area (Å²) in [4.78, 5) is 36.1. The molecular weight excluding hydrogens is 448 g/mol. The summed E-state index contributed by atoms with van der Waals surface area (Å²) in [5.41, 5.74) is 3.40. The summed E-state index contributed by atoms with van der Waals surface area (Å²) in [5, 5.41) is 6.10. The molecule has 0 radical (unpaired) electrons. The fraction of sp³-hybridized carbons (Fsp3) is 0.217. The van der Waals surface area contributed by atoms with E-state index in [4.69, 9.17) is 16.3 Å². The Hall–Kier alpha value is -3.10. The van der Waals surface area contributed by atoms with Gasteiger partial charge in [0.2, 0.25) is 5.91 Å². The van der Waals surface area contributed by atoms with Crippen molar-refractivity contribution in [3.63, 3.8) is 0 Å². The number of carbonyl (C=O) groups is 2. The van der Waals surface area contributed by atoms with Gasteiger partial charge < -0.3 is 15.0 Å². The van der Waals surface area contributed by atoms with Crippen molar-refractivity contribution in [1.29, 1.82) is 0 Å². The van der Waals surface area contributed by atoms with E-state index in [-0.39, 0.29) is 12.3 Å². The number of hydrogen-bond donors (Lipinski definition) is 1. The highest BCUT2D eigenvalue weighted by Gasteiger charge is 2.40. The number of hydrogen-bond acceptors (Lipinski definition) is 7. The van der Waals surface area contributed by atoms with Crippen LogP contribution >= 0.6 is 23.4 Å². The van der Waals surface area contributed by atoms with Crippen molar-refractivity contribution in [3.8, 4) is 0 Å². The number of nitrogens with one attached hydrogen (secondary N) is 1. The van der Waals surface area contributed by atoms with Crippen molar-refractivity contribution in [2.75, 3.05) is 7.11 Å². The molecule has 0 unspecified atom stereocenters. The number of pyridine rings is 1. The molecule has 0 spiro atoms. The Bertz CT molecular complexity index is 1130. The molecule has 2 aromatic rings. The maximum atomic E-state index is 12.7. The van der Waals surface area contributed by atoms with E-state index in [2.05, 4.69) is 15.3 Å². The fourth-order valence-electron chi connectivity index (χ4n) is 3.62. The number of thioether (sulfide) groups is 1. The van der Waals surface area contributed by atoms with Crippen LogP contribution in [0.25, 0.3) is 0 Å². The Labute approximate surface area is 195 Å². The van der Waals surface area contributed by atoms with Crippen LogP contribution in [0.2, 0.25) is 5.02 Å². The second-order valence-electron chi connectivity index (χ2n) is 7.21. The molecule has 1 N–H and O–H groups in total. The number of carbonyl (C=O) groups excluding carboxylic acids is 2. The molecule has 3 heterocycles. The van der Waals surface area contributed by atoms with Gasteiger partial charge in [0.25, 0.3) is 0 Å². The SMILES string of the molecule is COC(=O)C1=C(C)N=C2SC=C(CC(=O)NCc3ccccn3)N2[C@H]1c1ccc(Cl)cc1. The van der Waals surface area contributed by atoms with Gasteiger partial charge in [-0.25, -0.2) is 9.79 Å². The minimum absolute atomic E-state index is 0.135. The van der Waals surface area contributed by atoms with Crippen molar-refractivity contribution in [3.05, 3.63) is 87.3 Å². The second-order valence-corrected chi connectivity index (χ2v) is 8.48. The van der Waals surface area contributed by atoms with E-state index in [1.807, 2.05) is 40.6 Å². The number of amidine groups is 1. The smallest absolute Gasteiger partial charge is 0.338 e. The van der Waals surface area contributed by atoms with Crippen molar-refractivity contribution in [2.24, 2.45) is 4.99 Å². The zero-order valence-corrected chi connectivity index (χ0v) is 19.1. The Balaban J connectivity index is 1.60. The van der Waals surface area contributed by atoms with Gasteiger partial charge in [-0.15, -0.1) is 0 Å². The molecule has 7 nitrogen and oxygen atoms in total. The van der Waals surface area contributed by atoms with Gasteiger partial charge in [0.1, 0.15) is 0 Å². The third-order valence-corrected chi connectivity index (χ3v) is 6.27. The predicted octanol–water partition coefficient (Wildman–Crippen LogP) is 4.19. The number of allylic oxidation sites excluding steroid dienone is 1. The third kappa shape index (κ3) is 4.56. The van der Waals surface area contributed by atoms with Gasteiger partial charge in [-0.05, 0) is 42.2 Å². The first-order valence-electron chi connectivity index (χ1n) is 9.92. The van der Waals surface area contributed by atoms with E-state index < -0.39 is 12.0 Å². The van der Waals surface area contributed by atoms with Crippen LogP contribution in [0, 0.1) is 0 Å². The van der Waals surface area contributed by atoms with Crippen LogP contribution in [-0.4, -0.2) is 34.0 Å². The number of aromatic nitrogens is 1. The number of benzene rings is 1. The average Bonchev–Trinajstić information content (AvgIpc) is 3.19. The van der Waals surface area contributed by atoms with Crippen LogP contribution in [0.1, 0.15) is 30.6 Å². The van der Waals surface area contributed by atoms with Gasteiger partial charge in [-0.3, -0.25) is 9.78 Å². The number of aliphatic imine (C=N–C) groups is 1. The lowest BCUT2D eigenvalue weighted by Crippen LogP contribution is -2.37. The summed E-state index contributed by atoms with van der Waals surface area (Å²) in [6.07, 6.45) is 1.82. The fourth-order valence-corrected chi connectivity index (χ4v) is 4.71. The Kier molecular flexibility index (Phi) is 6.62. The molecule has 9 heteroatoms. The zero-order chi connectivity index (χ0) is 22.7. The highest BCUT2D eigenvalue weighted by molar-refractivity contribution is 8.16. The van der Waals surface area contributed by atoms with Gasteiger partial charge in [-0.2, -0.15) is 0 Å². The van der Waals surface area contributed by atoms with E-state index in [0.717, 1.165) is 17.0 Å². The number of ether oxygens (including phenoxy) is 1. The lowest BCUT2D eigenvalue weighted by atomic mass is 9.94. The number of fused-ring (bicyclic) bond motifs is 1. The zero-order valence-electron chi connectivity index (χ0n) is 17.5. The predicted molar refractivity (Wildman–Crippen MR) is 125 cm³/mol. The normalized spacial score (nSPS) is 17.5. The molecule has 0 aliphatic carbocycles. The molecule has 1 aromatic heterocycles. The van der Waals surface area contributed by atoms with Crippen LogP contribution in [0.4, 0.5) is 0 Å². The summed E-state index contributed by atoms with van der Waals surface area (Å²) in [6, 6.07) is 12.4. The Morgan fingerprint density at radius 3 is 2.69 bits per heavy atom. The maximum Gasteiger partial charge on any atom is 0.338 e. The highest BCUT2D eigenvalue weighted by Crippen LogP contribution is 2.44. The Morgan fingerprint density at radius 1 is 1.22 bits per heavy atom. The van der Waals surface area contributed by atoms with Gasteiger partial charge in [0.05, 0.1) is 43.1 Å². The van der Waals surface area contributed by atoms with Crippen LogP contribution < -0.4 is 5.32 Å². The molecule has 2 aliphatic rings. The molecule has 1 aromatic carbocycles. The van der Waals surface area contributed by atoms with E-state index in [1.165, 1.54) is 18.9 Å². The average molecular weight is 469 g/mol. The monoisotopic (exact) mass is 468 g/mol. The van der Waals surface area contributed by atoms with E-state index in [1.54, 1.807) is 25.3 Å². The standard InChI is InChI=1S/C23H21ClN4O3S/c1-14-20(22(30)31-2)21(15-6-8-16(24)9-7-15)28-18(13-32-23(28)27-14)11-19(29)26-12-17-5-3-4-10-25-17/h3-10,13,21H,11-12H2,1-2H3,(H,26,29)/t21-/m0/s1. The number of nitrogens with zero attached hydrogens (tertiary/aromatic N) is 3. The van der Waals surface area contributed by atoms with Crippen molar-refractivity contribution >= 4 is 40.4 Å². The first-order chi connectivity index (χ1) is 15.5. The minimum Gasteiger partial charge on any atom is -0.466 e. The van der Waals surface area contributed by atoms with Gasteiger partial charge >= 0.3 is 5.97 Å². The number of halogens is 1.